The Bertz CT molecular complexity index is 402. The van der Waals surface area contributed by atoms with Crippen LogP contribution in [0.15, 0.2) is 22.7 Å². The second-order valence-electron chi connectivity index (χ2n) is 5.38. The van der Waals surface area contributed by atoms with Crippen LogP contribution in [0.5, 0.6) is 0 Å². The first kappa shape index (κ1) is 16.5. The van der Waals surface area contributed by atoms with Crippen molar-refractivity contribution in [2.45, 2.75) is 39.8 Å². The van der Waals surface area contributed by atoms with Crippen LogP contribution in [0.2, 0.25) is 0 Å². The fraction of sp³-hybridized carbons (Fsp3) is 0.600. The quantitative estimate of drug-likeness (QED) is 0.807. The molecule has 0 spiro atoms. The lowest BCUT2D eigenvalue weighted by Crippen LogP contribution is -2.39. The number of hydrogen-bond donors (Lipinski definition) is 2. The zero-order valence-corrected chi connectivity index (χ0v) is 13.9. The Morgan fingerprint density at radius 1 is 1.32 bits per heavy atom. The number of likely N-dealkylation sites (N-methyl/N-ethyl adjacent to an activating group) is 1. The Morgan fingerprint density at radius 3 is 2.53 bits per heavy atom. The smallest absolute Gasteiger partial charge is 0.0765 e. The standard InChI is InChI=1S/C15H25BrN2O/c1-5-17-10-12-9-13(16)7-8-14(12)18(6-2)11-15(3,4)19/h7-9,17,19H,5-6,10-11H2,1-4H3. The zero-order chi connectivity index (χ0) is 14.5. The molecular formula is C15H25BrN2O. The molecule has 1 rings (SSSR count). The molecule has 0 aromatic heterocycles. The maximum absolute atomic E-state index is 10.0. The molecule has 108 valence electrons. The van der Waals surface area contributed by atoms with E-state index in [1.165, 1.54) is 11.3 Å². The van der Waals surface area contributed by atoms with Gasteiger partial charge in [0.05, 0.1) is 5.60 Å². The van der Waals surface area contributed by atoms with E-state index in [2.05, 4.69) is 58.2 Å². The second kappa shape index (κ2) is 7.27. The second-order valence-corrected chi connectivity index (χ2v) is 6.30. The van der Waals surface area contributed by atoms with Gasteiger partial charge in [0.25, 0.3) is 0 Å². The van der Waals surface area contributed by atoms with Crippen molar-refractivity contribution >= 4 is 21.6 Å². The van der Waals surface area contributed by atoms with Crippen LogP contribution in [0.3, 0.4) is 0 Å². The molecule has 3 nitrogen and oxygen atoms in total. The number of nitrogens with one attached hydrogen (secondary N) is 1. The first-order valence-electron chi connectivity index (χ1n) is 6.84. The number of hydrogen-bond acceptors (Lipinski definition) is 3. The third-order valence-electron chi connectivity index (χ3n) is 2.91. The predicted octanol–water partition coefficient (Wildman–Crippen LogP) is 3.16. The molecule has 19 heavy (non-hydrogen) atoms. The summed E-state index contributed by atoms with van der Waals surface area (Å²) in [5.41, 5.74) is 1.74. The van der Waals surface area contributed by atoms with Gasteiger partial charge in [-0.25, -0.2) is 0 Å². The van der Waals surface area contributed by atoms with E-state index in [1.807, 2.05) is 13.8 Å². The summed E-state index contributed by atoms with van der Waals surface area (Å²) in [6.45, 7) is 11.2. The number of benzene rings is 1. The predicted molar refractivity (Wildman–Crippen MR) is 85.7 cm³/mol. The highest BCUT2D eigenvalue weighted by molar-refractivity contribution is 9.10. The topological polar surface area (TPSA) is 35.5 Å². The SMILES string of the molecule is CCNCc1cc(Br)ccc1N(CC)CC(C)(C)O. The number of aliphatic hydroxyl groups is 1. The van der Waals surface area contributed by atoms with Gasteiger partial charge in [-0.05, 0) is 51.1 Å². The van der Waals surface area contributed by atoms with Gasteiger partial charge in [0.1, 0.15) is 0 Å². The van der Waals surface area contributed by atoms with Crippen LogP contribution in [-0.4, -0.2) is 30.3 Å². The van der Waals surface area contributed by atoms with E-state index in [9.17, 15) is 5.11 Å². The fourth-order valence-corrected chi connectivity index (χ4v) is 2.51. The molecule has 0 fully saturated rings. The molecule has 0 bridgehead atoms. The van der Waals surface area contributed by atoms with Gasteiger partial charge in [-0.2, -0.15) is 0 Å². The molecule has 0 radical (unpaired) electrons. The summed E-state index contributed by atoms with van der Waals surface area (Å²) in [5.74, 6) is 0. The van der Waals surface area contributed by atoms with E-state index in [0.29, 0.717) is 6.54 Å². The van der Waals surface area contributed by atoms with E-state index in [1.54, 1.807) is 0 Å². The average molecular weight is 329 g/mol. The molecule has 0 heterocycles. The molecule has 1 aromatic carbocycles. The summed E-state index contributed by atoms with van der Waals surface area (Å²) < 4.78 is 1.09. The maximum Gasteiger partial charge on any atom is 0.0765 e. The van der Waals surface area contributed by atoms with E-state index in [0.717, 1.165) is 24.1 Å². The lowest BCUT2D eigenvalue weighted by atomic mass is 10.1. The summed E-state index contributed by atoms with van der Waals surface area (Å²) in [5, 5.41) is 13.4. The molecule has 4 heteroatoms. The van der Waals surface area contributed by atoms with Crippen LogP contribution in [0.25, 0.3) is 0 Å². The minimum Gasteiger partial charge on any atom is -0.389 e. The summed E-state index contributed by atoms with van der Waals surface area (Å²) in [6.07, 6.45) is 0. The van der Waals surface area contributed by atoms with Gasteiger partial charge in [-0.1, -0.05) is 22.9 Å². The molecule has 0 saturated heterocycles. The molecule has 0 atom stereocenters. The van der Waals surface area contributed by atoms with Crippen LogP contribution < -0.4 is 10.2 Å². The van der Waals surface area contributed by atoms with Crippen molar-refractivity contribution in [1.82, 2.24) is 5.32 Å². The minimum atomic E-state index is -0.696. The van der Waals surface area contributed by atoms with Crippen LogP contribution in [0, 0.1) is 0 Å². The van der Waals surface area contributed by atoms with Crippen molar-refractivity contribution in [2.75, 3.05) is 24.5 Å². The normalized spacial score (nSPS) is 11.7. The van der Waals surface area contributed by atoms with E-state index in [4.69, 9.17) is 0 Å². The third-order valence-corrected chi connectivity index (χ3v) is 3.40. The Kier molecular flexibility index (Phi) is 6.30. The van der Waals surface area contributed by atoms with Crippen molar-refractivity contribution in [1.29, 1.82) is 0 Å². The molecule has 0 unspecified atom stereocenters. The Labute approximate surface area is 125 Å². The molecule has 0 aliphatic rings. The largest absolute Gasteiger partial charge is 0.389 e. The van der Waals surface area contributed by atoms with Crippen LogP contribution >= 0.6 is 15.9 Å². The van der Waals surface area contributed by atoms with Gasteiger partial charge in [0.15, 0.2) is 0 Å². The Morgan fingerprint density at radius 2 is 2.00 bits per heavy atom. The summed E-state index contributed by atoms with van der Waals surface area (Å²) in [6, 6.07) is 6.31. The zero-order valence-electron chi connectivity index (χ0n) is 12.3. The van der Waals surface area contributed by atoms with E-state index >= 15 is 0 Å². The van der Waals surface area contributed by atoms with E-state index in [-0.39, 0.29) is 0 Å². The lowest BCUT2D eigenvalue weighted by Gasteiger charge is -2.31. The minimum absolute atomic E-state index is 0.629. The van der Waals surface area contributed by atoms with Crippen LogP contribution in [-0.2, 0) is 6.54 Å². The highest BCUT2D eigenvalue weighted by Gasteiger charge is 2.19. The summed E-state index contributed by atoms with van der Waals surface area (Å²) in [4.78, 5) is 2.22. The molecule has 0 aliphatic heterocycles. The Balaban J connectivity index is 3.01. The van der Waals surface area contributed by atoms with Gasteiger partial charge >= 0.3 is 0 Å². The average Bonchev–Trinajstić information content (AvgIpc) is 2.32. The first-order valence-corrected chi connectivity index (χ1v) is 7.63. The fourth-order valence-electron chi connectivity index (χ4n) is 2.10. The maximum atomic E-state index is 10.0. The van der Waals surface area contributed by atoms with E-state index < -0.39 is 5.60 Å². The van der Waals surface area contributed by atoms with Crippen LogP contribution in [0.1, 0.15) is 33.3 Å². The van der Waals surface area contributed by atoms with Crippen molar-refractivity contribution in [3.05, 3.63) is 28.2 Å². The van der Waals surface area contributed by atoms with Crippen molar-refractivity contribution in [2.24, 2.45) is 0 Å². The summed E-state index contributed by atoms with van der Waals surface area (Å²) >= 11 is 3.52. The molecule has 0 saturated carbocycles. The highest BCUT2D eigenvalue weighted by atomic mass is 79.9. The molecule has 2 N–H and O–H groups in total. The van der Waals surface area contributed by atoms with Gasteiger partial charge < -0.3 is 15.3 Å². The lowest BCUT2D eigenvalue weighted by molar-refractivity contribution is 0.0875. The molecule has 1 aromatic rings. The monoisotopic (exact) mass is 328 g/mol. The van der Waals surface area contributed by atoms with Crippen molar-refractivity contribution < 1.29 is 5.11 Å². The number of rotatable bonds is 7. The van der Waals surface area contributed by atoms with Gasteiger partial charge in [-0.3, -0.25) is 0 Å². The number of nitrogens with zero attached hydrogens (tertiary/aromatic N) is 1. The Hall–Kier alpha value is -0.580. The number of anilines is 1. The highest BCUT2D eigenvalue weighted by Crippen LogP contribution is 2.26. The van der Waals surface area contributed by atoms with Gasteiger partial charge in [-0.15, -0.1) is 0 Å². The molecule has 0 aliphatic carbocycles. The van der Waals surface area contributed by atoms with Crippen molar-refractivity contribution in [3.63, 3.8) is 0 Å². The van der Waals surface area contributed by atoms with Crippen molar-refractivity contribution in [3.8, 4) is 0 Å². The number of halogens is 1. The third kappa shape index (κ3) is 5.51. The molecular weight excluding hydrogens is 304 g/mol. The molecule has 0 amide bonds. The van der Waals surface area contributed by atoms with Gasteiger partial charge in [0.2, 0.25) is 0 Å². The van der Waals surface area contributed by atoms with Gasteiger partial charge in [0, 0.05) is 29.8 Å². The summed E-state index contributed by atoms with van der Waals surface area (Å²) in [7, 11) is 0. The first-order chi connectivity index (χ1) is 8.87. The van der Waals surface area contributed by atoms with Crippen LogP contribution in [0.4, 0.5) is 5.69 Å².